The molecule has 0 saturated heterocycles. The number of nitrogens with zero attached hydrogens (tertiary/aromatic N) is 2. The highest BCUT2D eigenvalue weighted by Crippen LogP contribution is 2.12. The molecule has 0 radical (unpaired) electrons. The van der Waals surface area contributed by atoms with Crippen LogP contribution in [0.1, 0.15) is 5.82 Å². The van der Waals surface area contributed by atoms with Gasteiger partial charge in [-0.1, -0.05) is 0 Å². The average molecular weight is 261 g/mol. The summed E-state index contributed by atoms with van der Waals surface area (Å²) in [4.78, 5) is 15.5. The second-order valence-corrected chi connectivity index (χ2v) is 3.89. The van der Waals surface area contributed by atoms with Gasteiger partial charge in [-0.15, -0.1) is 0 Å². The SMILES string of the molecule is Nc1ccc(OCC(=O)NCCc2ncn[nH]2)cc1. The summed E-state index contributed by atoms with van der Waals surface area (Å²) in [5.74, 6) is 1.16. The number of carbonyl (C=O) groups is 1. The zero-order valence-corrected chi connectivity index (χ0v) is 10.3. The van der Waals surface area contributed by atoms with Gasteiger partial charge in [0.1, 0.15) is 17.9 Å². The fourth-order valence-corrected chi connectivity index (χ4v) is 1.44. The third-order valence-corrected chi connectivity index (χ3v) is 2.40. The topological polar surface area (TPSA) is 106 Å². The Hall–Kier alpha value is -2.57. The zero-order chi connectivity index (χ0) is 13.5. The lowest BCUT2D eigenvalue weighted by Gasteiger charge is -2.07. The number of anilines is 1. The molecule has 0 bridgehead atoms. The van der Waals surface area contributed by atoms with Crippen molar-refractivity contribution >= 4 is 11.6 Å². The fourth-order valence-electron chi connectivity index (χ4n) is 1.44. The smallest absolute Gasteiger partial charge is 0.257 e. The molecule has 0 aliphatic heterocycles. The minimum atomic E-state index is -0.184. The van der Waals surface area contributed by atoms with E-state index in [9.17, 15) is 4.79 Å². The minimum Gasteiger partial charge on any atom is -0.484 e. The van der Waals surface area contributed by atoms with Crippen molar-refractivity contribution < 1.29 is 9.53 Å². The molecule has 1 amide bonds. The van der Waals surface area contributed by atoms with Crippen LogP contribution in [0.4, 0.5) is 5.69 Å². The van der Waals surface area contributed by atoms with Crippen molar-refractivity contribution in [1.29, 1.82) is 0 Å². The van der Waals surface area contributed by atoms with E-state index in [0.29, 0.717) is 24.4 Å². The van der Waals surface area contributed by atoms with E-state index in [1.807, 2.05) is 0 Å². The van der Waals surface area contributed by atoms with Crippen LogP contribution in [-0.4, -0.2) is 34.2 Å². The molecular formula is C12H15N5O2. The Kier molecular flexibility index (Phi) is 4.33. The molecule has 0 atom stereocenters. The summed E-state index contributed by atoms with van der Waals surface area (Å²) in [7, 11) is 0. The lowest BCUT2D eigenvalue weighted by atomic mass is 10.3. The third kappa shape index (κ3) is 4.30. The lowest BCUT2D eigenvalue weighted by molar-refractivity contribution is -0.123. The van der Waals surface area contributed by atoms with E-state index in [0.717, 1.165) is 5.82 Å². The van der Waals surface area contributed by atoms with Crippen LogP contribution in [0.2, 0.25) is 0 Å². The van der Waals surface area contributed by atoms with Gasteiger partial charge in [-0.2, -0.15) is 5.10 Å². The minimum absolute atomic E-state index is 0.0275. The predicted octanol–water partition coefficient (Wildman–Crippen LogP) is 0.125. The van der Waals surface area contributed by atoms with Crippen molar-refractivity contribution in [3.8, 4) is 5.75 Å². The Morgan fingerprint density at radius 1 is 1.37 bits per heavy atom. The first kappa shape index (κ1) is 12.9. The number of hydrogen-bond acceptors (Lipinski definition) is 5. The standard InChI is InChI=1S/C12H15N5O2/c13-9-1-3-10(4-2-9)19-7-12(18)14-6-5-11-15-8-16-17-11/h1-4,8H,5-7,13H2,(H,14,18)(H,15,16,17). The molecule has 19 heavy (non-hydrogen) atoms. The number of carbonyl (C=O) groups excluding carboxylic acids is 1. The lowest BCUT2D eigenvalue weighted by Crippen LogP contribution is -2.30. The van der Waals surface area contributed by atoms with E-state index in [1.165, 1.54) is 6.33 Å². The van der Waals surface area contributed by atoms with Gasteiger partial charge in [0.2, 0.25) is 0 Å². The number of nitrogens with one attached hydrogen (secondary N) is 2. The van der Waals surface area contributed by atoms with Crippen molar-refractivity contribution in [2.45, 2.75) is 6.42 Å². The quantitative estimate of drug-likeness (QED) is 0.641. The molecule has 0 aliphatic carbocycles. The van der Waals surface area contributed by atoms with Crippen molar-refractivity contribution in [1.82, 2.24) is 20.5 Å². The molecule has 0 fully saturated rings. The molecule has 2 rings (SSSR count). The molecule has 0 saturated carbocycles. The van der Waals surface area contributed by atoms with Crippen LogP contribution in [0, 0.1) is 0 Å². The summed E-state index contributed by atoms with van der Waals surface area (Å²) >= 11 is 0. The largest absolute Gasteiger partial charge is 0.484 e. The maximum absolute atomic E-state index is 11.5. The van der Waals surface area contributed by atoms with E-state index in [-0.39, 0.29) is 12.5 Å². The number of aromatic amines is 1. The molecule has 0 unspecified atom stereocenters. The molecule has 2 aromatic rings. The van der Waals surface area contributed by atoms with Crippen LogP contribution in [0.5, 0.6) is 5.75 Å². The van der Waals surface area contributed by atoms with Crippen molar-refractivity contribution in [2.75, 3.05) is 18.9 Å². The first-order chi connectivity index (χ1) is 9.24. The molecule has 1 heterocycles. The van der Waals surface area contributed by atoms with E-state index >= 15 is 0 Å². The van der Waals surface area contributed by atoms with Gasteiger partial charge in [0.25, 0.3) is 5.91 Å². The van der Waals surface area contributed by atoms with Crippen molar-refractivity contribution in [2.24, 2.45) is 0 Å². The summed E-state index contributed by atoms with van der Waals surface area (Å²) < 4.78 is 5.31. The Morgan fingerprint density at radius 3 is 2.84 bits per heavy atom. The number of H-pyrrole nitrogens is 1. The van der Waals surface area contributed by atoms with Crippen LogP contribution in [0.25, 0.3) is 0 Å². The summed E-state index contributed by atoms with van der Waals surface area (Å²) in [6.07, 6.45) is 2.04. The normalized spacial score (nSPS) is 10.1. The van der Waals surface area contributed by atoms with Gasteiger partial charge in [-0.05, 0) is 24.3 Å². The molecule has 0 spiro atoms. The zero-order valence-electron chi connectivity index (χ0n) is 10.3. The van der Waals surface area contributed by atoms with Crippen molar-refractivity contribution in [3.63, 3.8) is 0 Å². The van der Waals surface area contributed by atoms with Crippen LogP contribution < -0.4 is 15.8 Å². The van der Waals surface area contributed by atoms with Gasteiger partial charge in [0.05, 0.1) is 0 Å². The molecule has 1 aromatic carbocycles. The molecule has 0 aliphatic rings. The number of nitrogens with two attached hydrogens (primary N) is 1. The van der Waals surface area contributed by atoms with E-state index in [4.69, 9.17) is 10.5 Å². The Labute approximate surface area is 110 Å². The average Bonchev–Trinajstić information content (AvgIpc) is 2.91. The fraction of sp³-hybridized carbons (Fsp3) is 0.250. The summed E-state index contributed by atoms with van der Waals surface area (Å²) in [6.45, 7) is 0.458. The number of nitrogen functional groups attached to an aromatic ring is 1. The van der Waals surface area contributed by atoms with E-state index < -0.39 is 0 Å². The highest BCUT2D eigenvalue weighted by Gasteiger charge is 2.03. The van der Waals surface area contributed by atoms with Crippen LogP contribution in [0.3, 0.4) is 0 Å². The summed E-state index contributed by atoms with van der Waals surface area (Å²) in [5, 5.41) is 9.16. The second-order valence-electron chi connectivity index (χ2n) is 3.89. The highest BCUT2D eigenvalue weighted by atomic mass is 16.5. The van der Waals surface area contributed by atoms with E-state index in [2.05, 4.69) is 20.5 Å². The maximum atomic E-state index is 11.5. The van der Waals surface area contributed by atoms with Crippen LogP contribution in [-0.2, 0) is 11.2 Å². The Morgan fingerprint density at radius 2 is 2.16 bits per heavy atom. The molecule has 7 nitrogen and oxygen atoms in total. The monoisotopic (exact) mass is 261 g/mol. The number of amides is 1. The molecule has 100 valence electrons. The van der Waals surface area contributed by atoms with E-state index in [1.54, 1.807) is 24.3 Å². The first-order valence-corrected chi connectivity index (χ1v) is 5.83. The van der Waals surface area contributed by atoms with Crippen LogP contribution >= 0.6 is 0 Å². The predicted molar refractivity (Wildman–Crippen MR) is 69.4 cm³/mol. The third-order valence-electron chi connectivity index (χ3n) is 2.40. The number of aromatic nitrogens is 3. The Bertz CT molecular complexity index is 509. The molecule has 4 N–H and O–H groups in total. The molecule has 1 aromatic heterocycles. The molecular weight excluding hydrogens is 246 g/mol. The number of hydrogen-bond donors (Lipinski definition) is 3. The van der Waals surface area contributed by atoms with Gasteiger partial charge >= 0.3 is 0 Å². The maximum Gasteiger partial charge on any atom is 0.257 e. The number of benzene rings is 1. The van der Waals surface area contributed by atoms with Gasteiger partial charge in [0, 0.05) is 18.7 Å². The van der Waals surface area contributed by atoms with Crippen LogP contribution in [0.15, 0.2) is 30.6 Å². The number of rotatable bonds is 6. The van der Waals surface area contributed by atoms with Crippen molar-refractivity contribution in [3.05, 3.63) is 36.4 Å². The second kappa shape index (κ2) is 6.39. The van der Waals surface area contributed by atoms with Gasteiger partial charge in [0.15, 0.2) is 6.61 Å². The van der Waals surface area contributed by atoms with Gasteiger partial charge < -0.3 is 15.8 Å². The highest BCUT2D eigenvalue weighted by molar-refractivity contribution is 5.77. The number of ether oxygens (including phenoxy) is 1. The van der Waals surface area contributed by atoms with Gasteiger partial charge in [-0.3, -0.25) is 9.89 Å². The van der Waals surface area contributed by atoms with Gasteiger partial charge in [-0.25, -0.2) is 4.98 Å². The summed E-state index contributed by atoms with van der Waals surface area (Å²) in [6, 6.07) is 6.88. The Balaban J connectivity index is 1.65. The first-order valence-electron chi connectivity index (χ1n) is 5.83. The molecule has 7 heteroatoms. The summed E-state index contributed by atoms with van der Waals surface area (Å²) in [5.41, 5.74) is 6.20.